The maximum atomic E-state index is 6.76. The second-order valence-corrected chi connectivity index (χ2v) is 38.1. The summed E-state index contributed by atoms with van der Waals surface area (Å²) in [6, 6.07) is 0.989. The first-order valence-corrected chi connectivity index (χ1v) is 41.6. The molecule has 20 nitrogen and oxygen atoms in total. The van der Waals surface area contributed by atoms with Crippen LogP contribution in [0.25, 0.3) is 0 Å². The Morgan fingerprint density at radius 3 is 0.716 bits per heavy atom. The Kier molecular flexibility index (Phi) is 33.1. The molecule has 5 aliphatic heterocycles. The molecule has 0 aliphatic carbocycles. The molecule has 20 heteroatoms. The molecule has 0 unspecified atom stereocenters. The van der Waals surface area contributed by atoms with Crippen molar-refractivity contribution in [3.8, 4) is 0 Å². The van der Waals surface area contributed by atoms with Gasteiger partial charge in [-0.15, -0.1) is 0 Å². The van der Waals surface area contributed by atoms with E-state index in [0.29, 0.717) is 31.9 Å². The molecule has 1 aromatic rings. The Morgan fingerprint density at radius 2 is 0.480 bits per heavy atom. The average molecular weight is 1440 g/mol. The van der Waals surface area contributed by atoms with Crippen LogP contribution in [0.3, 0.4) is 0 Å². The van der Waals surface area contributed by atoms with Crippen LogP contribution in [0.2, 0.25) is 0 Å². The molecule has 102 heavy (non-hydrogen) atoms. The van der Waals surface area contributed by atoms with Crippen LogP contribution in [-0.2, 0) is 33.9 Å². The van der Waals surface area contributed by atoms with Gasteiger partial charge < -0.3 is 14.7 Å². The summed E-state index contributed by atoms with van der Waals surface area (Å²) in [5.74, 6) is 2.32. The number of anilines is 3. The molecule has 6 heterocycles. The quantitative estimate of drug-likeness (QED) is 0.0453. The normalized spacial score (nSPS) is 23.6. The predicted octanol–water partition coefficient (Wildman–Crippen LogP) is 18.1. The van der Waals surface area contributed by atoms with Crippen LogP contribution in [0.15, 0.2) is 0 Å². The number of piperidine rings is 5. The molecule has 5 saturated heterocycles. The third-order valence-corrected chi connectivity index (χ3v) is 22.6. The Balaban J connectivity index is 1.41. The van der Waals surface area contributed by atoms with E-state index in [2.05, 4.69) is 244 Å². The van der Waals surface area contributed by atoms with Crippen molar-refractivity contribution in [1.82, 2.24) is 50.4 Å². The van der Waals surface area contributed by atoms with Gasteiger partial charge >= 0.3 is 0 Å². The Labute approximate surface area is 626 Å². The van der Waals surface area contributed by atoms with E-state index in [0.717, 1.165) is 231 Å². The highest BCUT2D eigenvalue weighted by Gasteiger charge is 2.54. The van der Waals surface area contributed by atoms with Gasteiger partial charge in [0.15, 0.2) is 0 Å². The minimum Gasteiger partial charge on any atom is -0.341 e. The van der Waals surface area contributed by atoms with E-state index >= 15 is 0 Å². The molecule has 5 aliphatic rings. The van der Waals surface area contributed by atoms with Gasteiger partial charge in [0.25, 0.3) is 0 Å². The summed E-state index contributed by atoms with van der Waals surface area (Å²) < 4.78 is 0. The number of hydrogen-bond donors (Lipinski definition) is 0. The van der Waals surface area contributed by atoms with Crippen molar-refractivity contribution >= 4 is 17.8 Å². The van der Waals surface area contributed by atoms with Crippen molar-refractivity contribution in [1.29, 1.82) is 0 Å². The molecule has 0 bridgehead atoms. The molecule has 0 amide bonds. The Morgan fingerprint density at radius 1 is 0.275 bits per heavy atom. The van der Waals surface area contributed by atoms with E-state index < -0.39 is 0 Å². The van der Waals surface area contributed by atoms with Gasteiger partial charge in [-0.05, 0) is 273 Å². The second-order valence-electron chi connectivity index (χ2n) is 38.1. The second kappa shape index (κ2) is 38.0. The summed E-state index contributed by atoms with van der Waals surface area (Å²) in [4.78, 5) is 72.0. The Bertz CT molecular complexity index is 2370. The van der Waals surface area contributed by atoms with E-state index in [4.69, 9.17) is 48.8 Å². The van der Waals surface area contributed by atoms with Crippen molar-refractivity contribution in [2.75, 3.05) is 94.2 Å². The van der Waals surface area contributed by atoms with Crippen molar-refractivity contribution in [3.63, 3.8) is 0 Å². The van der Waals surface area contributed by atoms with E-state index in [-0.39, 0.29) is 73.5 Å². The highest BCUT2D eigenvalue weighted by atomic mass is 16.7. The van der Waals surface area contributed by atoms with Crippen molar-refractivity contribution in [2.24, 2.45) is 0 Å². The first-order valence-electron chi connectivity index (χ1n) is 41.6. The zero-order valence-electron chi connectivity index (χ0n) is 71.5. The van der Waals surface area contributed by atoms with Gasteiger partial charge in [-0.3, -0.25) is 33.9 Å². The molecule has 0 N–H and O–H groups in total. The average Bonchev–Trinajstić information content (AvgIpc) is 0.766. The first kappa shape index (κ1) is 88.7. The molecular weight excluding hydrogens is 1280 g/mol. The molecule has 596 valence electrons. The van der Waals surface area contributed by atoms with Crippen LogP contribution < -0.4 is 14.7 Å². The van der Waals surface area contributed by atoms with Gasteiger partial charge in [-0.25, -0.2) is 0 Å². The SMILES string of the molecule is CCCON(CCCCCCN(c1nc(N(C)C2CC(C)(C)N(OCCC)C(C)(C)C2)nc(N(CCCCCCN(OCCC)C2CC(C)(C)N(OCCC)C(C)(C)C2)C2CC(C)(C)N(OCCC)C(C)(C)C2)n1)C1CC(C)(C)N(OCCC)C(C)(C)C1)C1CC(C)(C)N(OCCC)C(C)(C)C1. The van der Waals surface area contributed by atoms with Gasteiger partial charge in [0.1, 0.15) is 0 Å². The van der Waals surface area contributed by atoms with Gasteiger partial charge in [0, 0.05) is 119 Å². The van der Waals surface area contributed by atoms with E-state index in [1.54, 1.807) is 0 Å². The zero-order valence-corrected chi connectivity index (χ0v) is 71.5. The molecule has 0 aromatic carbocycles. The maximum absolute atomic E-state index is 6.76. The number of aromatic nitrogens is 3. The lowest BCUT2D eigenvalue weighted by Crippen LogP contribution is -2.64. The standard InChI is InChI=1S/C82H161N13O7/c1-29-48-96-89(68-61-79(20,21)94(101-53-34-6)80(22,23)62-68)46-42-38-36-40-44-87(66-57-75(12,13)92(99-51-32-4)76(14,15)58-66)71-83-70(86(28)65-55-73(8,9)91(98-50-31-3)74(10,11)56-65)84-72(85-71)88(67-59-77(16,17)93(100-52-33-5)78(18,19)60-67)45-41-37-39-43-47-90(97-49-30-2)69-63-81(24,25)95(102-54-35-7)82(26,27)64-69/h65-69H,29-64H2,1-28H3. The molecule has 0 saturated carbocycles. The van der Waals surface area contributed by atoms with Crippen LogP contribution >= 0.6 is 0 Å². The summed E-state index contributed by atoms with van der Waals surface area (Å²) in [5, 5.41) is 16.3. The lowest BCUT2D eigenvalue weighted by molar-refractivity contribution is -0.305. The minimum absolute atomic E-state index is 0.128. The van der Waals surface area contributed by atoms with Crippen LogP contribution in [0, 0.1) is 0 Å². The van der Waals surface area contributed by atoms with Crippen LogP contribution in [0.1, 0.15) is 347 Å². The zero-order chi connectivity index (χ0) is 75.9. The van der Waals surface area contributed by atoms with Crippen LogP contribution in [0.5, 0.6) is 0 Å². The highest BCUT2D eigenvalue weighted by molar-refractivity contribution is 5.49. The maximum Gasteiger partial charge on any atom is 0.232 e. The number of rotatable bonds is 43. The first-order chi connectivity index (χ1) is 47.6. The van der Waals surface area contributed by atoms with Crippen molar-refractivity contribution in [2.45, 2.75) is 433 Å². The van der Waals surface area contributed by atoms with E-state index in [1.165, 1.54) is 0 Å². The summed E-state index contributed by atoms with van der Waals surface area (Å²) in [6.45, 7) is 71.2. The predicted molar refractivity (Wildman–Crippen MR) is 422 cm³/mol. The topological polar surface area (TPSA) is 136 Å². The third-order valence-electron chi connectivity index (χ3n) is 22.6. The lowest BCUT2D eigenvalue weighted by atomic mass is 9.78. The molecule has 5 fully saturated rings. The molecule has 1 aromatic heterocycles. The van der Waals surface area contributed by atoms with Gasteiger partial charge in [-0.1, -0.05) is 74.1 Å². The van der Waals surface area contributed by atoms with E-state index in [1.807, 2.05) is 0 Å². The lowest BCUT2D eigenvalue weighted by Gasteiger charge is -2.56. The van der Waals surface area contributed by atoms with Crippen molar-refractivity contribution < 1.29 is 33.9 Å². The smallest absolute Gasteiger partial charge is 0.232 e. The fourth-order valence-electron chi connectivity index (χ4n) is 19.6. The number of hydrogen-bond acceptors (Lipinski definition) is 20. The molecule has 0 spiro atoms. The molecule has 6 rings (SSSR count). The minimum atomic E-state index is -0.270. The molecule has 0 radical (unpaired) electrons. The summed E-state index contributed by atoms with van der Waals surface area (Å²) in [7, 11) is 2.26. The number of nitrogens with zero attached hydrogens (tertiary/aromatic N) is 13. The summed E-state index contributed by atoms with van der Waals surface area (Å²) in [6.07, 6.45) is 24.7. The van der Waals surface area contributed by atoms with Crippen molar-refractivity contribution in [3.05, 3.63) is 0 Å². The van der Waals surface area contributed by atoms with Crippen LogP contribution in [-0.4, -0.2) is 215 Å². The van der Waals surface area contributed by atoms with Gasteiger partial charge in [0.05, 0.1) is 46.2 Å². The largest absolute Gasteiger partial charge is 0.341 e. The number of hydroxylamine groups is 14. The highest BCUT2D eigenvalue weighted by Crippen LogP contribution is 2.48. The Hall–Kier alpha value is -2.15. The summed E-state index contributed by atoms with van der Waals surface area (Å²) >= 11 is 0. The number of unbranched alkanes of at least 4 members (excludes halogenated alkanes) is 6. The molecular formula is C82H161N13O7. The fraction of sp³-hybridized carbons (Fsp3) is 0.963. The van der Waals surface area contributed by atoms with Gasteiger partial charge in [0.2, 0.25) is 17.8 Å². The summed E-state index contributed by atoms with van der Waals surface area (Å²) in [5.41, 5.74) is -2.10. The van der Waals surface area contributed by atoms with E-state index in [9.17, 15) is 0 Å². The fourth-order valence-corrected chi connectivity index (χ4v) is 19.6. The van der Waals surface area contributed by atoms with Crippen LogP contribution in [0.4, 0.5) is 17.8 Å². The third kappa shape index (κ3) is 23.4. The monoisotopic (exact) mass is 1440 g/mol. The molecule has 0 atom stereocenters. The van der Waals surface area contributed by atoms with Gasteiger partial charge in [-0.2, -0.15) is 50.4 Å².